The van der Waals surface area contributed by atoms with E-state index in [4.69, 9.17) is 5.11 Å². The lowest BCUT2D eigenvalue weighted by Gasteiger charge is -2.37. The molecule has 0 amide bonds. The van der Waals surface area contributed by atoms with Crippen LogP contribution in [0.25, 0.3) is 0 Å². The van der Waals surface area contributed by atoms with E-state index in [1.807, 2.05) is 0 Å². The van der Waals surface area contributed by atoms with Crippen LogP contribution >= 0.6 is 0 Å². The Morgan fingerprint density at radius 1 is 1.29 bits per heavy atom. The van der Waals surface area contributed by atoms with Gasteiger partial charge in [0.2, 0.25) is 0 Å². The molecule has 2 rings (SSSR count). The lowest BCUT2D eigenvalue weighted by Crippen LogP contribution is -2.47. The molecule has 2 fully saturated rings. The van der Waals surface area contributed by atoms with E-state index in [1.165, 1.54) is 32.2 Å². The van der Waals surface area contributed by atoms with E-state index < -0.39 is 0 Å². The third-order valence-electron chi connectivity index (χ3n) is 3.60. The largest absolute Gasteiger partial charge is 0.395 e. The molecule has 1 saturated carbocycles. The van der Waals surface area contributed by atoms with Crippen molar-refractivity contribution < 1.29 is 5.11 Å². The quantitative estimate of drug-likeness (QED) is 0.714. The Labute approximate surface area is 86.7 Å². The van der Waals surface area contributed by atoms with Gasteiger partial charge in [0.15, 0.2) is 0 Å². The monoisotopic (exact) mass is 198 g/mol. The van der Waals surface area contributed by atoms with Crippen molar-refractivity contribution in [1.29, 1.82) is 0 Å². The van der Waals surface area contributed by atoms with Crippen molar-refractivity contribution in [2.75, 3.05) is 33.3 Å². The van der Waals surface area contributed by atoms with Crippen LogP contribution in [0.5, 0.6) is 0 Å². The van der Waals surface area contributed by atoms with Crippen molar-refractivity contribution in [2.45, 2.75) is 37.8 Å². The van der Waals surface area contributed by atoms with Crippen molar-refractivity contribution in [3.63, 3.8) is 0 Å². The van der Waals surface area contributed by atoms with E-state index in [0.717, 1.165) is 25.2 Å². The molecule has 0 spiro atoms. The Balaban J connectivity index is 1.80. The molecule has 1 saturated heterocycles. The van der Waals surface area contributed by atoms with Crippen LogP contribution in [0.15, 0.2) is 0 Å². The smallest absolute Gasteiger partial charge is 0.0558 e. The first-order chi connectivity index (χ1) is 6.81. The summed E-state index contributed by atoms with van der Waals surface area (Å²) in [4.78, 5) is 4.95. The summed E-state index contributed by atoms with van der Waals surface area (Å²) in [6, 6.07) is 1.61. The predicted octanol–water partition coefficient (Wildman–Crippen LogP) is 0.537. The second-order valence-electron chi connectivity index (χ2n) is 4.72. The second-order valence-corrected chi connectivity index (χ2v) is 4.72. The molecule has 0 radical (unpaired) electrons. The van der Waals surface area contributed by atoms with Gasteiger partial charge >= 0.3 is 0 Å². The predicted molar refractivity (Wildman–Crippen MR) is 57.3 cm³/mol. The number of likely N-dealkylation sites (N-methyl/N-ethyl adjacent to an activating group) is 1. The van der Waals surface area contributed by atoms with E-state index in [1.54, 1.807) is 0 Å². The highest BCUT2D eigenvalue weighted by Gasteiger charge is 2.32. The Morgan fingerprint density at radius 2 is 2.07 bits per heavy atom. The van der Waals surface area contributed by atoms with Crippen molar-refractivity contribution in [1.82, 2.24) is 9.80 Å². The summed E-state index contributed by atoms with van der Waals surface area (Å²) in [5.41, 5.74) is 0. The molecule has 1 N–H and O–H groups in total. The standard InChI is InChI=1S/C11H22N2O/c1-12(10-4-5-10)11-3-2-6-13(9-11)7-8-14/h10-11,14H,2-9H2,1H3/t11-/m1/s1. The fraction of sp³-hybridized carbons (Fsp3) is 1.00. The zero-order valence-electron chi connectivity index (χ0n) is 9.15. The topological polar surface area (TPSA) is 26.7 Å². The van der Waals surface area contributed by atoms with E-state index in [2.05, 4.69) is 16.8 Å². The van der Waals surface area contributed by atoms with Crippen LogP contribution in [0, 0.1) is 0 Å². The lowest BCUT2D eigenvalue weighted by atomic mass is 10.0. The van der Waals surface area contributed by atoms with Crippen LogP contribution in [0.4, 0.5) is 0 Å². The number of hydrogen-bond donors (Lipinski definition) is 1. The first kappa shape index (κ1) is 10.4. The van der Waals surface area contributed by atoms with Crippen LogP contribution in [0.2, 0.25) is 0 Å². The molecule has 1 aliphatic heterocycles. The van der Waals surface area contributed by atoms with Gasteiger partial charge in [0.05, 0.1) is 6.61 Å². The fourth-order valence-corrected chi connectivity index (χ4v) is 2.49. The average molecular weight is 198 g/mol. The SMILES string of the molecule is CN(C1CC1)[C@@H]1CCCN(CCO)C1. The van der Waals surface area contributed by atoms with Crippen molar-refractivity contribution >= 4 is 0 Å². The molecule has 0 aromatic rings. The first-order valence-corrected chi connectivity index (χ1v) is 5.86. The molecule has 1 aliphatic carbocycles. The van der Waals surface area contributed by atoms with Gasteiger partial charge in [0.25, 0.3) is 0 Å². The van der Waals surface area contributed by atoms with Crippen LogP contribution in [0.3, 0.4) is 0 Å². The van der Waals surface area contributed by atoms with E-state index in [-0.39, 0.29) is 0 Å². The zero-order chi connectivity index (χ0) is 9.97. The maximum Gasteiger partial charge on any atom is 0.0558 e. The molecule has 0 bridgehead atoms. The molecule has 14 heavy (non-hydrogen) atoms. The minimum Gasteiger partial charge on any atom is -0.395 e. The molecule has 2 aliphatic rings. The van der Waals surface area contributed by atoms with Gasteiger partial charge in [-0.25, -0.2) is 0 Å². The molecular formula is C11H22N2O. The minimum absolute atomic E-state index is 0.305. The van der Waals surface area contributed by atoms with Crippen molar-refractivity contribution in [2.24, 2.45) is 0 Å². The van der Waals surface area contributed by atoms with Gasteiger partial charge in [-0.3, -0.25) is 9.80 Å². The molecule has 1 atom stereocenters. The number of aliphatic hydroxyl groups is 1. The highest BCUT2D eigenvalue weighted by molar-refractivity contribution is 4.89. The average Bonchev–Trinajstić information content (AvgIpc) is 3.01. The summed E-state index contributed by atoms with van der Waals surface area (Å²) in [5.74, 6) is 0. The summed E-state index contributed by atoms with van der Waals surface area (Å²) in [5, 5.41) is 8.91. The van der Waals surface area contributed by atoms with Gasteiger partial charge in [-0.15, -0.1) is 0 Å². The van der Waals surface area contributed by atoms with Crippen LogP contribution in [0.1, 0.15) is 25.7 Å². The number of piperidine rings is 1. The highest BCUT2D eigenvalue weighted by Crippen LogP contribution is 2.29. The second kappa shape index (κ2) is 4.60. The van der Waals surface area contributed by atoms with Gasteiger partial charge in [-0.2, -0.15) is 0 Å². The van der Waals surface area contributed by atoms with Crippen LogP contribution in [-0.4, -0.2) is 60.3 Å². The Kier molecular flexibility index (Phi) is 3.42. The molecule has 0 aromatic carbocycles. The number of nitrogens with zero attached hydrogens (tertiary/aromatic N) is 2. The summed E-state index contributed by atoms with van der Waals surface area (Å²) in [6.07, 6.45) is 5.43. The molecule has 3 heteroatoms. The molecular weight excluding hydrogens is 176 g/mol. The molecule has 0 aromatic heterocycles. The highest BCUT2D eigenvalue weighted by atomic mass is 16.3. The molecule has 0 unspecified atom stereocenters. The Hall–Kier alpha value is -0.120. The van der Waals surface area contributed by atoms with Gasteiger partial charge in [-0.05, 0) is 39.3 Å². The van der Waals surface area contributed by atoms with E-state index >= 15 is 0 Å². The normalized spacial score (nSPS) is 29.8. The number of aliphatic hydroxyl groups excluding tert-OH is 1. The van der Waals surface area contributed by atoms with E-state index in [9.17, 15) is 0 Å². The lowest BCUT2D eigenvalue weighted by molar-refractivity contribution is 0.0963. The Bertz CT molecular complexity index is 180. The molecule has 3 nitrogen and oxygen atoms in total. The fourth-order valence-electron chi connectivity index (χ4n) is 2.49. The zero-order valence-corrected chi connectivity index (χ0v) is 9.15. The molecule has 82 valence electrons. The van der Waals surface area contributed by atoms with Gasteiger partial charge in [0, 0.05) is 25.2 Å². The third-order valence-corrected chi connectivity index (χ3v) is 3.60. The Morgan fingerprint density at radius 3 is 2.71 bits per heavy atom. The van der Waals surface area contributed by atoms with Crippen molar-refractivity contribution in [3.8, 4) is 0 Å². The van der Waals surface area contributed by atoms with E-state index in [0.29, 0.717) is 6.61 Å². The van der Waals surface area contributed by atoms with Gasteiger partial charge < -0.3 is 5.11 Å². The van der Waals surface area contributed by atoms with Gasteiger partial charge in [-0.1, -0.05) is 0 Å². The molecule has 1 heterocycles. The summed E-state index contributed by atoms with van der Waals surface area (Å²) >= 11 is 0. The summed E-state index contributed by atoms with van der Waals surface area (Å²) in [6.45, 7) is 3.50. The number of hydrogen-bond acceptors (Lipinski definition) is 3. The third kappa shape index (κ3) is 2.47. The first-order valence-electron chi connectivity index (χ1n) is 5.86. The number of β-amino-alcohol motifs (C(OH)–C–C–N with tert-alkyl or cyclic N) is 1. The number of rotatable bonds is 4. The minimum atomic E-state index is 0.305. The van der Waals surface area contributed by atoms with Crippen molar-refractivity contribution in [3.05, 3.63) is 0 Å². The number of likely N-dealkylation sites (tertiary alicyclic amines) is 1. The maximum atomic E-state index is 8.91. The summed E-state index contributed by atoms with van der Waals surface area (Å²) < 4.78 is 0. The van der Waals surface area contributed by atoms with Crippen LogP contribution < -0.4 is 0 Å². The summed E-state index contributed by atoms with van der Waals surface area (Å²) in [7, 11) is 2.27. The van der Waals surface area contributed by atoms with Crippen LogP contribution in [-0.2, 0) is 0 Å². The van der Waals surface area contributed by atoms with Gasteiger partial charge in [0.1, 0.15) is 0 Å². The maximum absolute atomic E-state index is 8.91.